The van der Waals surface area contributed by atoms with E-state index in [1.165, 1.54) is 0 Å². The second kappa shape index (κ2) is 4.33. The number of aryl methyl sites for hydroxylation is 1. The Morgan fingerprint density at radius 1 is 1.50 bits per heavy atom. The van der Waals surface area contributed by atoms with Crippen molar-refractivity contribution in [3.63, 3.8) is 0 Å². The highest BCUT2D eigenvalue weighted by atomic mass is 16.3. The van der Waals surface area contributed by atoms with Crippen molar-refractivity contribution in [3.05, 3.63) is 23.8 Å². The Bertz CT molecular complexity index is 312. The summed E-state index contributed by atoms with van der Waals surface area (Å²) < 4.78 is 0. The zero-order valence-electron chi connectivity index (χ0n) is 8.99. The summed E-state index contributed by atoms with van der Waals surface area (Å²) in [7, 11) is 1.87. The number of nitrogen functional groups attached to an aromatic ring is 1. The number of hydrogen-bond donors (Lipinski definition) is 2. The summed E-state index contributed by atoms with van der Waals surface area (Å²) in [6.07, 6.45) is 0.276. The first-order valence-electron chi connectivity index (χ1n) is 4.83. The van der Waals surface area contributed by atoms with E-state index in [9.17, 15) is 5.11 Å². The van der Waals surface area contributed by atoms with E-state index < -0.39 is 6.23 Å². The van der Waals surface area contributed by atoms with Gasteiger partial charge in [-0.1, -0.05) is 6.92 Å². The lowest BCUT2D eigenvalue weighted by atomic mass is 10.1. The highest BCUT2D eigenvalue weighted by Gasteiger charge is 2.09. The van der Waals surface area contributed by atoms with Crippen LogP contribution in [0.25, 0.3) is 0 Å². The third kappa shape index (κ3) is 2.17. The average molecular weight is 194 g/mol. The zero-order valence-corrected chi connectivity index (χ0v) is 8.99. The van der Waals surface area contributed by atoms with Crippen LogP contribution in [0.15, 0.2) is 18.2 Å². The predicted octanol–water partition coefficient (Wildman–Crippen LogP) is 1.74. The van der Waals surface area contributed by atoms with Gasteiger partial charge < -0.3 is 15.7 Å². The average Bonchev–Trinajstić information content (AvgIpc) is 2.20. The van der Waals surface area contributed by atoms with Gasteiger partial charge in [0.2, 0.25) is 0 Å². The van der Waals surface area contributed by atoms with Crippen LogP contribution in [-0.2, 0) is 0 Å². The number of benzene rings is 1. The van der Waals surface area contributed by atoms with E-state index >= 15 is 0 Å². The van der Waals surface area contributed by atoms with Gasteiger partial charge in [-0.3, -0.25) is 0 Å². The van der Waals surface area contributed by atoms with Crippen molar-refractivity contribution in [3.8, 4) is 0 Å². The maximum absolute atomic E-state index is 9.63. The van der Waals surface area contributed by atoms with E-state index in [1.807, 2.05) is 44.0 Å². The number of aliphatic hydroxyl groups is 1. The molecule has 0 aromatic heterocycles. The number of nitrogens with two attached hydrogens (primary N) is 1. The van der Waals surface area contributed by atoms with Crippen LogP contribution in [0.5, 0.6) is 0 Å². The fourth-order valence-electron chi connectivity index (χ4n) is 1.33. The maximum atomic E-state index is 9.63. The highest BCUT2D eigenvalue weighted by molar-refractivity contribution is 5.57. The van der Waals surface area contributed by atoms with E-state index in [-0.39, 0.29) is 0 Å². The Labute approximate surface area is 85.2 Å². The van der Waals surface area contributed by atoms with Crippen LogP contribution in [0.3, 0.4) is 0 Å². The van der Waals surface area contributed by atoms with Crippen LogP contribution >= 0.6 is 0 Å². The molecule has 0 fully saturated rings. The highest BCUT2D eigenvalue weighted by Crippen LogP contribution is 2.21. The maximum Gasteiger partial charge on any atom is 0.126 e. The number of hydrogen-bond acceptors (Lipinski definition) is 3. The molecule has 1 aromatic carbocycles. The third-order valence-corrected chi connectivity index (χ3v) is 2.47. The molecule has 14 heavy (non-hydrogen) atoms. The first-order valence-corrected chi connectivity index (χ1v) is 4.83. The molecule has 78 valence electrons. The summed E-state index contributed by atoms with van der Waals surface area (Å²) >= 11 is 0. The first-order chi connectivity index (χ1) is 6.56. The lowest BCUT2D eigenvalue weighted by Gasteiger charge is -2.25. The van der Waals surface area contributed by atoms with Gasteiger partial charge in [-0.05, 0) is 37.1 Å². The van der Waals surface area contributed by atoms with Gasteiger partial charge in [0.1, 0.15) is 6.23 Å². The Balaban J connectivity index is 2.91. The molecule has 0 aliphatic heterocycles. The third-order valence-electron chi connectivity index (χ3n) is 2.47. The van der Waals surface area contributed by atoms with Crippen LogP contribution in [0.2, 0.25) is 0 Å². The van der Waals surface area contributed by atoms with Gasteiger partial charge in [0.05, 0.1) is 0 Å². The number of rotatable bonds is 3. The Morgan fingerprint density at radius 2 is 2.14 bits per heavy atom. The molecule has 0 aliphatic carbocycles. The topological polar surface area (TPSA) is 49.5 Å². The molecule has 0 spiro atoms. The normalized spacial score (nSPS) is 12.6. The van der Waals surface area contributed by atoms with Crippen LogP contribution < -0.4 is 10.6 Å². The molecule has 0 radical (unpaired) electrons. The van der Waals surface area contributed by atoms with E-state index in [0.717, 1.165) is 16.9 Å². The van der Waals surface area contributed by atoms with Gasteiger partial charge in [0.25, 0.3) is 0 Å². The quantitative estimate of drug-likeness (QED) is 0.569. The number of nitrogens with zero attached hydrogens (tertiary/aromatic N) is 1. The van der Waals surface area contributed by atoms with Gasteiger partial charge in [-0.25, -0.2) is 0 Å². The first kappa shape index (κ1) is 10.9. The fraction of sp³-hybridized carbons (Fsp3) is 0.455. The zero-order chi connectivity index (χ0) is 10.7. The van der Waals surface area contributed by atoms with Crippen molar-refractivity contribution < 1.29 is 5.11 Å². The lowest BCUT2D eigenvalue weighted by Crippen LogP contribution is -2.30. The van der Waals surface area contributed by atoms with Crippen molar-refractivity contribution >= 4 is 11.4 Å². The minimum atomic E-state index is -0.432. The van der Waals surface area contributed by atoms with Gasteiger partial charge >= 0.3 is 0 Å². The molecule has 1 rings (SSSR count). The molecule has 1 atom stereocenters. The van der Waals surface area contributed by atoms with Crippen molar-refractivity contribution in [2.24, 2.45) is 0 Å². The second-order valence-corrected chi connectivity index (χ2v) is 3.54. The van der Waals surface area contributed by atoms with Crippen molar-refractivity contribution in [2.75, 3.05) is 17.7 Å². The van der Waals surface area contributed by atoms with E-state index in [4.69, 9.17) is 5.73 Å². The molecule has 0 heterocycles. The fourth-order valence-corrected chi connectivity index (χ4v) is 1.33. The SMILES string of the molecule is CCC(O)N(C)c1ccc(N)c(C)c1. The number of aliphatic hydroxyl groups excluding tert-OH is 1. The molecule has 3 N–H and O–H groups in total. The standard InChI is InChI=1S/C11H18N2O/c1-4-11(14)13(3)9-5-6-10(12)8(2)7-9/h5-7,11,14H,4,12H2,1-3H3. The van der Waals surface area contributed by atoms with E-state index in [0.29, 0.717) is 6.42 Å². The monoisotopic (exact) mass is 194 g/mol. The Kier molecular flexibility index (Phi) is 3.36. The lowest BCUT2D eigenvalue weighted by molar-refractivity contribution is 0.170. The van der Waals surface area contributed by atoms with Crippen molar-refractivity contribution in [1.82, 2.24) is 0 Å². The Hall–Kier alpha value is -1.22. The van der Waals surface area contributed by atoms with Crippen LogP contribution in [0.1, 0.15) is 18.9 Å². The molecule has 0 saturated heterocycles. The van der Waals surface area contributed by atoms with Crippen molar-refractivity contribution in [2.45, 2.75) is 26.5 Å². The minimum absolute atomic E-state index is 0.432. The Morgan fingerprint density at radius 3 is 2.64 bits per heavy atom. The molecule has 0 aliphatic rings. The number of anilines is 2. The molecule has 1 aromatic rings. The van der Waals surface area contributed by atoms with E-state index in [1.54, 1.807) is 0 Å². The van der Waals surface area contributed by atoms with Gasteiger partial charge in [-0.2, -0.15) is 0 Å². The summed E-state index contributed by atoms with van der Waals surface area (Å²) in [5, 5.41) is 9.63. The van der Waals surface area contributed by atoms with Gasteiger partial charge in [0, 0.05) is 18.4 Å². The summed E-state index contributed by atoms with van der Waals surface area (Å²) in [6.45, 7) is 3.91. The molecule has 0 saturated carbocycles. The summed E-state index contributed by atoms with van der Waals surface area (Å²) in [6, 6.07) is 5.76. The van der Waals surface area contributed by atoms with Gasteiger partial charge in [-0.15, -0.1) is 0 Å². The molecule has 0 amide bonds. The van der Waals surface area contributed by atoms with Crippen molar-refractivity contribution in [1.29, 1.82) is 0 Å². The smallest absolute Gasteiger partial charge is 0.126 e. The van der Waals surface area contributed by atoms with E-state index in [2.05, 4.69) is 0 Å². The largest absolute Gasteiger partial charge is 0.399 e. The molecule has 1 unspecified atom stereocenters. The molecular formula is C11H18N2O. The summed E-state index contributed by atoms with van der Waals surface area (Å²) in [4.78, 5) is 1.84. The van der Waals surface area contributed by atoms with Gasteiger partial charge in [0.15, 0.2) is 0 Å². The molecule has 0 bridgehead atoms. The second-order valence-electron chi connectivity index (χ2n) is 3.54. The van der Waals surface area contributed by atoms with Crippen LogP contribution in [0.4, 0.5) is 11.4 Å². The molecular weight excluding hydrogens is 176 g/mol. The molecule has 3 heteroatoms. The minimum Gasteiger partial charge on any atom is -0.399 e. The molecule has 3 nitrogen and oxygen atoms in total. The predicted molar refractivity (Wildman–Crippen MR) is 60.3 cm³/mol. The van der Waals surface area contributed by atoms with Crippen LogP contribution in [-0.4, -0.2) is 18.4 Å². The summed E-state index contributed by atoms with van der Waals surface area (Å²) in [5.41, 5.74) is 8.53. The summed E-state index contributed by atoms with van der Waals surface area (Å²) in [5.74, 6) is 0. The van der Waals surface area contributed by atoms with Crippen LogP contribution in [0, 0.1) is 6.92 Å².